The van der Waals surface area contributed by atoms with Crippen molar-refractivity contribution in [1.29, 1.82) is 0 Å². The fraction of sp³-hybridized carbons (Fsp3) is 1.00. The van der Waals surface area contributed by atoms with Gasteiger partial charge >= 0.3 is 33.6 Å². The van der Waals surface area contributed by atoms with Crippen LogP contribution in [0.4, 0.5) is 0 Å². The summed E-state index contributed by atoms with van der Waals surface area (Å²) in [6, 6.07) is 0. The van der Waals surface area contributed by atoms with Crippen LogP contribution in [0.25, 0.3) is 0 Å². The first-order valence-corrected chi connectivity index (χ1v) is 2.41. The molecule has 0 aromatic heterocycles. The molecule has 0 aliphatic heterocycles. The monoisotopic (exact) mass is 124 g/mol. The summed E-state index contributed by atoms with van der Waals surface area (Å²) in [6.07, 6.45) is 0. The average Bonchev–Trinajstić information content (AvgIpc) is 1.37. The second-order valence-electron chi connectivity index (χ2n) is 0.493. The molecular weight excluding hydrogens is 117 g/mol. The van der Waals surface area contributed by atoms with Crippen LogP contribution in [0.1, 0.15) is 0 Å². The molecule has 0 radical (unpaired) electrons. The Hall–Kier alpha value is 0.479. The summed E-state index contributed by atoms with van der Waals surface area (Å²) >= 11 is 2.77. The van der Waals surface area contributed by atoms with Crippen LogP contribution in [0, 0.1) is 0 Å². The van der Waals surface area contributed by atoms with Gasteiger partial charge in [0.05, 0.1) is 0 Å². The van der Waals surface area contributed by atoms with Crippen molar-refractivity contribution in [3.8, 4) is 0 Å². The predicted molar refractivity (Wildman–Crippen MR) is 19.6 cm³/mol. The van der Waals surface area contributed by atoms with Crippen LogP contribution < -0.4 is 5.73 Å². The summed E-state index contributed by atoms with van der Waals surface area (Å²) in [6.45, 7) is 0.764. The molecule has 0 heterocycles. The van der Waals surface area contributed by atoms with E-state index in [0.29, 0.717) is 0 Å². The summed E-state index contributed by atoms with van der Waals surface area (Å²) in [7, 11) is 0. The van der Waals surface area contributed by atoms with Crippen LogP contribution >= 0.6 is 0 Å². The second kappa shape index (κ2) is 3.48. The molecule has 2 heteroatoms. The van der Waals surface area contributed by atoms with E-state index in [9.17, 15) is 0 Å². The number of hydrogen-bond acceptors (Lipinski definition) is 1. The Kier molecular flexibility index (Phi) is 3.90. The fourth-order valence-electron chi connectivity index (χ4n) is 0. The Balaban J connectivity index is 1.97. The molecule has 0 aliphatic carbocycles. The first kappa shape index (κ1) is 4.48. The molecule has 2 N–H and O–H groups in total. The molecular formula is C2H6NSe-. The maximum atomic E-state index is 5.00. The Morgan fingerprint density at radius 3 is 2.00 bits per heavy atom. The van der Waals surface area contributed by atoms with Crippen molar-refractivity contribution in [2.75, 3.05) is 6.54 Å². The van der Waals surface area contributed by atoms with E-state index < -0.39 is 0 Å². The molecule has 0 aromatic carbocycles. The number of hydrogen-bond donors (Lipinski definition) is 1. The third-order valence-corrected chi connectivity index (χ3v) is 0.612. The molecule has 0 spiro atoms. The van der Waals surface area contributed by atoms with E-state index in [1.54, 1.807) is 0 Å². The van der Waals surface area contributed by atoms with Crippen molar-refractivity contribution in [3.05, 3.63) is 0 Å². The van der Waals surface area contributed by atoms with Crippen LogP contribution in [0.5, 0.6) is 0 Å². The van der Waals surface area contributed by atoms with Gasteiger partial charge in [-0.2, -0.15) is 0 Å². The Morgan fingerprint density at radius 1 is 1.75 bits per heavy atom. The molecule has 0 bridgehead atoms. The third-order valence-electron chi connectivity index (χ3n) is 0.118. The van der Waals surface area contributed by atoms with Gasteiger partial charge in [0.15, 0.2) is 0 Å². The van der Waals surface area contributed by atoms with E-state index in [1.807, 2.05) is 0 Å². The zero-order valence-corrected chi connectivity index (χ0v) is 4.11. The van der Waals surface area contributed by atoms with Gasteiger partial charge < -0.3 is 0 Å². The van der Waals surface area contributed by atoms with E-state index >= 15 is 0 Å². The summed E-state index contributed by atoms with van der Waals surface area (Å²) in [5.74, 6) is 0. The molecule has 0 fully saturated rings. The quantitative estimate of drug-likeness (QED) is 0.469. The minimum absolute atomic E-state index is 0.764. The van der Waals surface area contributed by atoms with Crippen LogP contribution in [0.3, 0.4) is 0 Å². The van der Waals surface area contributed by atoms with Crippen molar-refractivity contribution in [1.82, 2.24) is 0 Å². The van der Waals surface area contributed by atoms with Gasteiger partial charge in [-0.05, 0) is 0 Å². The molecule has 0 aliphatic rings. The molecule has 0 aromatic rings. The molecule has 1 nitrogen and oxygen atoms in total. The van der Waals surface area contributed by atoms with E-state index in [1.165, 1.54) is 0 Å². The van der Waals surface area contributed by atoms with Crippen LogP contribution in [0.15, 0.2) is 0 Å². The van der Waals surface area contributed by atoms with E-state index in [-0.39, 0.29) is 0 Å². The van der Waals surface area contributed by atoms with Gasteiger partial charge in [0.1, 0.15) is 0 Å². The molecule has 0 amide bonds. The van der Waals surface area contributed by atoms with Crippen LogP contribution in [-0.2, 0) is 0 Å². The predicted octanol–water partition coefficient (Wildman–Crippen LogP) is -0.468. The summed E-state index contributed by atoms with van der Waals surface area (Å²) < 4.78 is 0. The van der Waals surface area contributed by atoms with E-state index in [0.717, 1.165) is 11.9 Å². The van der Waals surface area contributed by atoms with Gasteiger partial charge in [-0.15, -0.1) is 0 Å². The third kappa shape index (κ3) is 2.48. The molecule has 0 unspecified atom stereocenters. The van der Waals surface area contributed by atoms with Gasteiger partial charge in [0.25, 0.3) is 0 Å². The minimum atomic E-state index is 0.764. The second-order valence-corrected chi connectivity index (χ2v) is 1.35. The zero-order chi connectivity index (χ0) is 3.41. The van der Waals surface area contributed by atoms with Crippen LogP contribution in [-0.4, -0.2) is 22.6 Å². The Bertz CT molecular complexity index is 8.00. The van der Waals surface area contributed by atoms with Crippen molar-refractivity contribution < 1.29 is 0 Å². The normalized spacial score (nSPS) is 7.50. The first-order valence-electron chi connectivity index (χ1n) is 1.20. The Labute approximate surface area is 34.4 Å². The molecule has 0 saturated heterocycles. The number of rotatable bonds is 1. The van der Waals surface area contributed by atoms with E-state index in [2.05, 4.69) is 16.0 Å². The van der Waals surface area contributed by atoms with E-state index in [4.69, 9.17) is 5.73 Å². The topological polar surface area (TPSA) is 26.0 Å². The molecule has 0 atom stereocenters. The van der Waals surface area contributed by atoms with Gasteiger partial charge in [-0.25, -0.2) is 0 Å². The van der Waals surface area contributed by atoms with Crippen molar-refractivity contribution >= 4 is 16.0 Å². The number of nitrogens with two attached hydrogens (primary N) is 1. The first-order chi connectivity index (χ1) is 1.91. The molecule has 0 rings (SSSR count). The standard InChI is InChI=1S/C2H7NSe/c3-1-2-4/h4H,1-3H2/p-1. The molecule has 0 saturated carbocycles. The average molecular weight is 123 g/mol. The zero-order valence-electron chi connectivity index (χ0n) is 2.40. The maximum absolute atomic E-state index is 5.00. The van der Waals surface area contributed by atoms with Crippen molar-refractivity contribution in [2.24, 2.45) is 5.73 Å². The summed E-state index contributed by atoms with van der Waals surface area (Å²) in [4.78, 5) is 0. The van der Waals surface area contributed by atoms with Gasteiger partial charge in [0.2, 0.25) is 0 Å². The van der Waals surface area contributed by atoms with Crippen LogP contribution in [0.2, 0.25) is 5.32 Å². The SMILES string of the molecule is NCC[Se-]. The summed E-state index contributed by atoms with van der Waals surface area (Å²) in [5, 5.41) is 0.972. The van der Waals surface area contributed by atoms with Crippen molar-refractivity contribution in [2.45, 2.75) is 5.32 Å². The van der Waals surface area contributed by atoms with Gasteiger partial charge in [-0.1, -0.05) is 0 Å². The van der Waals surface area contributed by atoms with Crippen molar-refractivity contribution in [3.63, 3.8) is 0 Å². The van der Waals surface area contributed by atoms with Gasteiger partial charge in [0, 0.05) is 0 Å². The van der Waals surface area contributed by atoms with Gasteiger partial charge in [-0.3, -0.25) is 0 Å². The molecule has 4 heavy (non-hydrogen) atoms. The fourth-order valence-corrected chi connectivity index (χ4v) is 0. The summed E-state index contributed by atoms with van der Waals surface area (Å²) in [5.41, 5.74) is 5.00. The Morgan fingerprint density at radius 2 is 2.00 bits per heavy atom. The molecule has 26 valence electrons.